The highest BCUT2D eigenvalue weighted by Crippen LogP contribution is 2.16. The van der Waals surface area contributed by atoms with Crippen LogP contribution in [0.1, 0.15) is 5.82 Å². The number of hydrogen-bond acceptors (Lipinski definition) is 3. The summed E-state index contributed by atoms with van der Waals surface area (Å²) in [7, 11) is 0. The fourth-order valence-electron chi connectivity index (χ4n) is 1.22. The molecule has 0 fully saturated rings. The van der Waals surface area contributed by atoms with Gasteiger partial charge in [0.1, 0.15) is 0 Å². The van der Waals surface area contributed by atoms with Gasteiger partial charge in [0.2, 0.25) is 0 Å². The van der Waals surface area contributed by atoms with Gasteiger partial charge < -0.3 is 10.7 Å². The van der Waals surface area contributed by atoms with Gasteiger partial charge in [-0.25, -0.2) is 4.98 Å². The first-order chi connectivity index (χ1) is 7.65. The summed E-state index contributed by atoms with van der Waals surface area (Å²) in [6.45, 7) is 0. The molecule has 0 radical (unpaired) electrons. The lowest BCUT2D eigenvalue weighted by molar-refractivity contribution is 1.04. The van der Waals surface area contributed by atoms with Crippen LogP contribution in [0.2, 0.25) is 5.02 Å². The number of hydrogen-bond donors (Lipinski definition) is 3. The predicted molar refractivity (Wildman–Crippen MR) is 68.6 cm³/mol. The first-order valence-corrected chi connectivity index (χ1v) is 5.17. The third-order valence-corrected chi connectivity index (χ3v) is 2.15. The maximum atomic E-state index is 5.85. The zero-order valence-corrected chi connectivity index (χ0v) is 9.64. The summed E-state index contributed by atoms with van der Waals surface area (Å²) in [5, 5.41) is 4.55. The highest BCUT2D eigenvalue weighted by Gasteiger charge is 2.00. The topological polar surface area (TPSA) is 79.1 Å². The summed E-state index contributed by atoms with van der Waals surface area (Å²) in [5.74, 6) is 0.598. The zero-order chi connectivity index (χ0) is 11.5. The number of aromatic amines is 1. The summed E-state index contributed by atoms with van der Waals surface area (Å²) < 4.78 is 0. The van der Waals surface area contributed by atoms with E-state index in [2.05, 4.69) is 32.7 Å². The fraction of sp³-hybridized carbons (Fsp3) is 0. The molecule has 82 valence electrons. The van der Waals surface area contributed by atoms with Crippen LogP contribution in [0.25, 0.3) is 11.0 Å². The van der Waals surface area contributed by atoms with E-state index in [9.17, 15) is 0 Å². The average Bonchev–Trinajstić information content (AvgIpc) is 2.58. The maximum absolute atomic E-state index is 5.85. The van der Waals surface area contributed by atoms with E-state index in [0.29, 0.717) is 10.8 Å². The van der Waals surface area contributed by atoms with Crippen LogP contribution in [0.4, 0.5) is 0 Å². The van der Waals surface area contributed by atoms with E-state index in [1.165, 1.54) is 6.21 Å². The van der Waals surface area contributed by atoms with E-state index < -0.39 is 0 Å². The number of nitrogens with one attached hydrogen (secondary N) is 2. The first-order valence-electron chi connectivity index (χ1n) is 4.39. The van der Waals surface area contributed by atoms with Gasteiger partial charge in [-0.1, -0.05) is 11.6 Å². The Bertz CT molecular complexity index is 562. The molecule has 0 aliphatic heterocycles. The number of nitrogens with two attached hydrogens (primary N) is 1. The molecule has 0 atom stereocenters. The fourth-order valence-corrected chi connectivity index (χ4v) is 1.44. The van der Waals surface area contributed by atoms with E-state index >= 15 is 0 Å². The summed E-state index contributed by atoms with van der Waals surface area (Å²) in [6.07, 6.45) is 1.49. The molecular weight excluding hydrogens is 246 g/mol. The summed E-state index contributed by atoms with van der Waals surface area (Å²) >= 11 is 10.4. The van der Waals surface area contributed by atoms with Crippen molar-refractivity contribution in [3.8, 4) is 0 Å². The first kappa shape index (κ1) is 10.8. The molecule has 2 rings (SSSR count). The molecule has 0 bridgehead atoms. The molecule has 0 spiro atoms. The number of aromatic nitrogens is 2. The van der Waals surface area contributed by atoms with E-state index in [-0.39, 0.29) is 5.11 Å². The number of thiocarbonyl (C=S) groups is 1. The van der Waals surface area contributed by atoms with Crippen LogP contribution < -0.4 is 11.2 Å². The number of nitrogens with zero attached hydrogens (tertiary/aromatic N) is 2. The molecular formula is C9H8ClN5S. The van der Waals surface area contributed by atoms with Crippen molar-refractivity contribution >= 4 is 46.2 Å². The second-order valence-electron chi connectivity index (χ2n) is 3.02. The second-order valence-corrected chi connectivity index (χ2v) is 3.89. The van der Waals surface area contributed by atoms with E-state index in [4.69, 9.17) is 17.3 Å². The van der Waals surface area contributed by atoms with Crippen molar-refractivity contribution in [3.05, 3.63) is 29.0 Å². The van der Waals surface area contributed by atoms with Gasteiger partial charge in [0, 0.05) is 5.02 Å². The largest absolute Gasteiger partial charge is 0.375 e. The van der Waals surface area contributed by atoms with Crippen LogP contribution in [0, 0.1) is 0 Å². The third-order valence-electron chi connectivity index (χ3n) is 1.82. The number of halogens is 1. The number of hydrazone groups is 1. The maximum Gasteiger partial charge on any atom is 0.184 e. The number of fused-ring (bicyclic) bond motifs is 1. The lowest BCUT2D eigenvalue weighted by Crippen LogP contribution is -2.24. The van der Waals surface area contributed by atoms with Crippen molar-refractivity contribution in [2.45, 2.75) is 0 Å². The Balaban J connectivity index is 2.26. The number of rotatable bonds is 2. The predicted octanol–water partition coefficient (Wildman–Crippen LogP) is 1.38. The van der Waals surface area contributed by atoms with Crippen molar-refractivity contribution in [2.24, 2.45) is 10.8 Å². The van der Waals surface area contributed by atoms with Crippen LogP contribution in [-0.4, -0.2) is 21.3 Å². The van der Waals surface area contributed by atoms with Crippen LogP contribution >= 0.6 is 23.8 Å². The molecule has 0 amide bonds. The van der Waals surface area contributed by atoms with Gasteiger partial charge in [0.05, 0.1) is 17.2 Å². The molecule has 5 nitrogen and oxygen atoms in total. The van der Waals surface area contributed by atoms with Crippen LogP contribution in [0.3, 0.4) is 0 Å². The van der Waals surface area contributed by atoms with Crippen molar-refractivity contribution in [1.82, 2.24) is 15.4 Å². The molecule has 0 saturated heterocycles. The smallest absolute Gasteiger partial charge is 0.184 e. The number of benzene rings is 1. The molecule has 2 aromatic rings. The summed E-state index contributed by atoms with van der Waals surface area (Å²) in [4.78, 5) is 7.30. The van der Waals surface area contributed by atoms with E-state index in [0.717, 1.165) is 11.0 Å². The van der Waals surface area contributed by atoms with Crippen molar-refractivity contribution in [3.63, 3.8) is 0 Å². The highest BCUT2D eigenvalue weighted by atomic mass is 35.5. The van der Waals surface area contributed by atoms with Gasteiger partial charge in [-0.15, -0.1) is 0 Å². The Hall–Kier alpha value is -1.66. The van der Waals surface area contributed by atoms with Gasteiger partial charge in [0.15, 0.2) is 10.9 Å². The van der Waals surface area contributed by atoms with Gasteiger partial charge in [-0.3, -0.25) is 5.43 Å². The van der Waals surface area contributed by atoms with Crippen LogP contribution in [-0.2, 0) is 0 Å². The average molecular weight is 254 g/mol. The molecule has 1 heterocycles. The Morgan fingerprint density at radius 2 is 2.44 bits per heavy atom. The lowest BCUT2D eigenvalue weighted by atomic mass is 10.3. The Kier molecular flexibility index (Phi) is 3.02. The molecule has 0 saturated carbocycles. The second kappa shape index (κ2) is 4.46. The summed E-state index contributed by atoms with van der Waals surface area (Å²) in [6, 6.07) is 5.40. The zero-order valence-electron chi connectivity index (χ0n) is 8.07. The highest BCUT2D eigenvalue weighted by molar-refractivity contribution is 7.80. The number of H-pyrrole nitrogens is 1. The Morgan fingerprint density at radius 1 is 1.62 bits per heavy atom. The van der Waals surface area contributed by atoms with E-state index in [1.807, 2.05) is 6.07 Å². The minimum atomic E-state index is 0.107. The molecule has 0 unspecified atom stereocenters. The van der Waals surface area contributed by atoms with Crippen molar-refractivity contribution in [1.29, 1.82) is 0 Å². The lowest BCUT2D eigenvalue weighted by Gasteiger charge is -1.91. The molecule has 0 aliphatic carbocycles. The standard InChI is InChI=1S/C9H8ClN5S/c10-5-1-2-6-7(3-5)14-8(13-6)4-12-15-9(11)16/h1-4H,(H,13,14)(H3,11,15,16)/b12-4-. The minimum absolute atomic E-state index is 0.107. The normalized spacial score (nSPS) is 11.1. The molecule has 4 N–H and O–H groups in total. The van der Waals surface area contributed by atoms with Crippen molar-refractivity contribution in [2.75, 3.05) is 0 Å². The summed E-state index contributed by atoms with van der Waals surface area (Å²) in [5.41, 5.74) is 9.32. The minimum Gasteiger partial charge on any atom is -0.375 e. The number of imidazole rings is 1. The molecule has 0 aliphatic rings. The third kappa shape index (κ3) is 2.47. The Labute approximate surface area is 102 Å². The van der Waals surface area contributed by atoms with Gasteiger partial charge >= 0.3 is 0 Å². The van der Waals surface area contributed by atoms with E-state index in [1.54, 1.807) is 12.1 Å². The van der Waals surface area contributed by atoms with Gasteiger partial charge in [0.25, 0.3) is 0 Å². The monoisotopic (exact) mass is 253 g/mol. The molecule has 1 aromatic carbocycles. The van der Waals surface area contributed by atoms with Crippen molar-refractivity contribution < 1.29 is 0 Å². The molecule has 1 aromatic heterocycles. The van der Waals surface area contributed by atoms with Gasteiger partial charge in [-0.2, -0.15) is 5.10 Å². The Morgan fingerprint density at radius 3 is 3.19 bits per heavy atom. The van der Waals surface area contributed by atoms with Gasteiger partial charge in [-0.05, 0) is 30.4 Å². The molecule has 7 heteroatoms. The molecule has 16 heavy (non-hydrogen) atoms. The quantitative estimate of drug-likeness (QED) is 0.429. The van der Waals surface area contributed by atoms with Crippen LogP contribution in [0.15, 0.2) is 23.3 Å². The van der Waals surface area contributed by atoms with Crippen LogP contribution in [0.5, 0.6) is 0 Å². The SMILES string of the molecule is NC(=S)N/N=C\c1nc2ccc(Cl)cc2[nH]1.